The Morgan fingerprint density at radius 2 is 1.70 bits per heavy atom. The zero-order valence-corrected chi connectivity index (χ0v) is 13.3. The molecule has 5 heteroatoms. The Kier molecular flexibility index (Phi) is 4.46. The summed E-state index contributed by atoms with van der Waals surface area (Å²) >= 11 is 5.86. The lowest BCUT2D eigenvalue weighted by atomic mass is 9.97. The first-order valence-corrected chi connectivity index (χ1v) is 7.88. The van der Waals surface area contributed by atoms with Crippen LogP contribution >= 0.6 is 11.6 Å². The highest BCUT2D eigenvalue weighted by molar-refractivity contribution is 6.30. The highest BCUT2D eigenvalue weighted by atomic mass is 35.5. The largest absolute Gasteiger partial charge is 0.337 e. The van der Waals surface area contributed by atoms with Crippen LogP contribution in [0.5, 0.6) is 0 Å². The number of benzene rings is 2. The summed E-state index contributed by atoms with van der Waals surface area (Å²) < 4.78 is 0. The lowest BCUT2D eigenvalue weighted by molar-refractivity contribution is 0.0786. The molecule has 1 aliphatic rings. The van der Waals surface area contributed by atoms with Crippen LogP contribution in [-0.2, 0) is 0 Å². The molecule has 0 bridgehead atoms. The number of rotatable bonds is 3. The van der Waals surface area contributed by atoms with E-state index in [1.807, 2.05) is 0 Å². The van der Waals surface area contributed by atoms with Gasteiger partial charge in [-0.25, -0.2) is 0 Å². The molecule has 0 spiro atoms. The van der Waals surface area contributed by atoms with Crippen LogP contribution in [0.4, 0.5) is 0 Å². The van der Waals surface area contributed by atoms with Gasteiger partial charge in [0, 0.05) is 35.3 Å². The molecule has 23 heavy (non-hydrogen) atoms. The van der Waals surface area contributed by atoms with Crippen LogP contribution < -0.4 is 5.73 Å². The number of hydrogen-bond acceptors (Lipinski definition) is 3. The van der Waals surface area contributed by atoms with E-state index in [4.69, 9.17) is 17.3 Å². The zero-order chi connectivity index (χ0) is 16.4. The second kappa shape index (κ2) is 6.52. The first-order chi connectivity index (χ1) is 11.1. The number of nitrogens with zero attached hydrogens (tertiary/aromatic N) is 1. The first kappa shape index (κ1) is 15.7. The maximum atomic E-state index is 12.7. The van der Waals surface area contributed by atoms with Gasteiger partial charge >= 0.3 is 0 Å². The topological polar surface area (TPSA) is 63.4 Å². The van der Waals surface area contributed by atoms with Crippen molar-refractivity contribution in [3.63, 3.8) is 0 Å². The maximum absolute atomic E-state index is 12.7. The van der Waals surface area contributed by atoms with Gasteiger partial charge in [-0.1, -0.05) is 29.8 Å². The second-order valence-electron chi connectivity index (χ2n) is 5.68. The molecule has 0 radical (unpaired) electrons. The highest BCUT2D eigenvalue weighted by Gasteiger charge is 2.27. The van der Waals surface area contributed by atoms with Gasteiger partial charge in [0.1, 0.15) is 0 Å². The molecule has 1 unspecified atom stereocenters. The Balaban J connectivity index is 1.93. The van der Waals surface area contributed by atoms with Crippen LogP contribution in [0.1, 0.15) is 32.7 Å². The van der Waals surface area contributed by atoms with Gasteiger partial charge in [-0.2, -0.15) is 0 Å². The predicted molar refractivity (Wildman–Crippen MR) is 89.8 cm³/mol. The van der Waals surface area contributed by atoms with Crippen molar-refractivity contribution in [1.29, 1.82) is 0 Å². The molecule has 0 aromatic heterocycles. The first-order valence-electron chi connectivity index (χ1n) is 7.50. The lowest BCUT2D eigenvalue weighted by Gasteiger charge is -2.17. The smallest absolute Gasteiger partial charge is 0.254 e. The Bertz CT molecular complexity index is 743. The second-order valence-corrected chi connectivity index (χ2v) is 6.12. The normalized spacial score (nSPS) is 17.3. The molecular formula is C18H17ClN2O2. The van der Waals surface area contributed by atoms with Crippen LogP contribution in [-0.4, -0.2) is 35.7 Å². The van der Waals surface area contributed by atoms with E-state index in [0.29, 0.717) is 34.8 Å². The average molecular weight is 329 g/mol. The molecule has 2 N–H and O–H groups in total. The van der Waals surface area contributed by atoms with E-state index >= 15 is 0 Å². The summed E-state index contributed by atoms with van der Waals surface area (Å²) in [5.74, 6) is -0.329. The summed E-state index contributed by atoms with van der Waals surface area (Å²) in [6, 6.07) is 13.6. The summed E-state index contributed by atoms with van der Waals surface area (Å²) in [6.07, 6.45) is 0.791. The van der Waals surface area contributed by atoms with Crippen molar-refractivity contribution in [1.82, 2.24) is 4.90 Å². The molecule has 0 aliphatic carbocycles. The average Bonchev–Trinajstić information content (AvgIpc) is 3.01. The summed E-state index contributed by atoms with van der Waals surface area (Å²) in [5, 5.41) is 0.567. The van der Waals surface area contributed by atoms with E-state index in [1.165, 1.54) is 0 Å². The van der Waals surface area contributed by atoms with E-state index < -0.39 is 0 Å². The van der Waals surface area contributed by atoms with Crippen molar-refractivity contribution in [2.24, 2.45) is 5.73 Å². The lowest BCUT2D eigenvalue weighted by Crippen LogP contribution is -2.32. The van der Waals surface area contributed by atoms with E-state index in [1.54, 1.807) is 53.4 Å². The molecule has 2 aromatic rings. The van der Waals surface area contributed by atoms with Crippen molar-refractivity contribution >= 4 is 23.3 Å². The Morgan fingerprint density at radius 3 is 2.30 bits per heavy atom. The molecule has 2 aromatic carbocycles. The Labute approximate surface area is 139 Å². The van der Waals surface area contributed by atoms with Gasteiger partial charge < -0.3 is 10.6 Å². The van der Waals surface area contributed by atoms with Crippen LogP contribution in [0.15, 0.2) is 48.5 Å². The van der Waals surface area contributed by atoms with Crippen molar-refractivity contribution < 1.29 is 9.59 Å². The number of carbonyl (C=O) groups is 2. The van der Waals surface area contributed by atoms with Gasteiger partial charge in [0.05, 0.1) is 5.56 Å². The Hall–Kier alpha value is -2.17. The van der Waals surface area contributed by atoms with E-state index in [-0.39, 0.29) is 17.7 Å². The van der Waals surface area contributed by atoms with Crippen LogP contribution in [0.2, 0.25) is 5.02 Å². The Morgan fingerprint density at radius 1 is 1.04 bits per heavy atom. The van der Waals surface area contributed by atoms with Crippen molar-refractivity contribution in [2.45, 2.75) is 12.5 Å². The maximum Gasteiger partial charge on any atom is 0.254 e. The SMILES string of the molecule is NC1CCN(C(=O)c2ccccc2C(=O)c2ccc(Cl)cc2)C1. The van der Waals surface area contributed by atoms with Crippen LogP contribution in [0, 0.1) is 0 Å². The number of hydrogen-bond donors (Lipinski definition) is 1. The number of amides is 1. The van der Waals surface area contributed by atoms with E-state index in [9.17, 15) is 9.59 Å². The van der Waals surface area contributed by atoms with Gasteiger partial charge in [-0.3, -0.25) is 9.59 Å². The molecule has 1 heterocycles. The molecule has 1 atom stereocenters. The summed E-state index contributed by atoms with van der Waals surface area (Å²) in [6.45, 7) is 1.16. The third-order valence-corrected chi connectivity index (χ3v) is 4.27. The third kappa shape index (κ3) is 3.28. The fraction of sp³-hybridized carbons (Fsp3) is 0.222. The molecule has 1 aliphatic heterocycles. The van der Waals surface area contributed by atoms with E-state index in [2.05, 4.69) is 0 Å². The number of likely N-dealkylation sites (tertiary alicyclic amines) is 1. The van der Waals surface area contributed by atoms with Gasteiger partial charge in [-0.05, 0) is 36.8 Å². The zero-order valence-electron chi connectivity index (χ0n) is 12.5. The minimum atomic E-state index is -0.186. The molecule has 118 valence electrons. The summed E-state index contributed by atoms with van der Waals surface area (Å²) in [5.41, 5.74) is 7.20. The molecule has 1 fully saturated rings. The van der Waals surface area contributed by atoms with Gasteiger partial charge in [-0.15, -0.1) is 0 Å². The summed E-state index contributed by atoms with van der Waals surface area (Å²) in [7, 11) is 0. The quantitative estimate of drug-likeness (QED) is 0.881. The fourth-order valence-corrected chi connectivity index (χ4v) is 2.89. The number of carbonyl (C=O) groups excluding carboxylic acids is 2. The monoisotopic (exact) mass is 328 g/mol. The number of halogens is 1. The predicted octanol–water partition coefficient (Wildman–Crippen LogP) is 2.74. The number of ketones is 1. The van der Waals surface area contributed by atoms with Gasteiger partial charge in [0.15, 0.2) is 5.78 Å². The van der Waals surface area contributed by atoms with Crippen molar-refractivity contribution in [2.75, 3.05) is 13.1 Å². The molecule has 4 nitrogen and oxygen atoms in total. The molecule has 1 saturated heterocycles. The fourth-order valence-electron chi connectivity index (χ4n) is 2.77. The van der Waals surface area contributed by atoms with Gasteiger partial charge in [0.25, 0.3) is 5.91 Å². The standard InChI is InChI=1S/C18H17ClN2O2/c19-13-7-5-12(6-8-13)17(22)15-3-1-2-4-16(15)18(23)21-10-9-14(20)11-21/h1-8,14H,9-11,20H2. The van der Waals surface area contributed by atoms with Gasteiger partial charge in [0.2, 0.25) is 0 Å². The molecular weight excluding hydrogens is 312 g/mol. The molecule has 0 saturated carbocycles. The molecule has 1 amide bonds. The van der Waals surface area contributed by atoms with Crippen LogP contribution in [0.3, 0.4) is 0 Å². The minimum Gasteiger partial charge on any atom is -0.337 e. The van der Waals surface area contributed by atoms with Crippen LogP contribution in [0.25, 0.3) is 0 Å². The highest BCUT2D eigenvalue weighted by Crippen LogP contribution is 2.20. The van der Waals surface area contributed by atoms with E-state index in [0.717, 1.165) is 6.42 Å². The van der Waals surface area contributed by atoms with Crippen molar-refractivity contribution in [3.05, 3.63) is 70.2 Å². The summed E-state index contributed by atoms with van der Waals surface area (Å²) in [4.78, 5) is 27.1. The number of nitrogens with two attached hydrogens (primary N) is 1. The minimum absolute atomic E-state index is 0.0121. The molecule has 3 rings (SSSR count). The van der Waals surface area contributed by atoms with Crippen molar-refractivity contribution in [3.8, 4) is 0 Å². The third-order valence-electron chi connectivity index (χ3n) is 4.02.